The molecule has 0 aliphatic heterocycles. The molecule has 5 N–H and O–H groups in total. The molecule has 0 spiro atoms. The van der Waals surface area contributed by atoms with Crippen molar-refractivity contribution in [2.45, 2.75) is 20.4 Å². The van der Waals surface area contributed by atoms with Crippen LogP contribution < -0.4 is 16.8 Å². The summed E-state index contributed by atoms with van der Waals surface area (Å²) in [7, 11) is 0. The number of anilines is 1. The predicted molar refractivity (Wildman–Crippen MR) is 82.4 cm³/mol. The molecule has 7 heteroatoms. The van der Waals surface area contributed by atoms with Gasteiger partial charge in [-0.05, 0) is 32.0 Å². The number of primary amides is 2. The first-order valence-electron chi connectivity index (χ1n) is 6.28. The quantitative estimate of drug-likeness (QED) is 0.778. The second kappa shape index (κ2) is 5.92. The number of benzene rings is 1. The van der Waals surface area contributed by atoms with Gasteiger partial charge < -0.3 is 16.8 Å². The molecule has 6 nitrogen and oxygen atoms in total. The van der Waals surface area contributed by atoms with Crippen LogP contribution >= 0.6 is 11.3 Å². The van der Waals surface area contributed by atoms with E-state index in [0.717, 1.165) is 15.6 Å². The molecule has 2 rings (SSSR count). The number of nitrogens with one attached hydrogen (secondary N) is 1. The molecular weight excluding hydrogens is 288 g/mol. The Hall–Kier alpha value is -2.41. The van der Waals surface area contributed by atoms with Crippen LogP contribution in [-0.4, -0.2) is 16.8 Å². The summed E-state index contributed by atoms with van der Waals surface area (Å²) in [5.74, 6) is -1.21. The first-order valence-corrected chi connectivity index (χ1v) is 7.10. The molecule has 0 radical (unpaired) electrons. The predicted octanol–water partition coefficient (Wildman–Crippen LogP) is 1.57. The zero-order valence-corrected chi connectivity index (χ0v) is 12.6. The third kappa shape index (κ3) is 3.57. The lowest BCUT2D eigenvalue weighted by atomic mass is 10.1. The Morgan fingerprint density at radius 3 is 2.14 bits per heavy atom. The van der Waals surface area contributed by atoms with Crippen LogP contribution in [0.3, 0.4) is 0 Å². The van der Waals surface area contributed by atoms with Crippen molar-refractivity contribution >= 4 is 28.8 Å². The first kappa shape index (κ1) is 15.0. The van der Waals surface area contributed by atoms with Crippen molar-refractivity contribution in [3.8, 4) is 0 Å². The molecule has 0 saturated heterocycles. The number of thiazole rings is 1. The van der Waals surface area contributed by atoms with Crippen LogP contribution in [0.5, 0.6) is 0 Å². The Morgan fingerprint density at radius 1 is 1.14 bits per heavy atom. The second-order valence-corrected chi connectivity index (χ2v) is 5.91. The summed E-state index contributed by atoms with van der Waals surface area (Å²) in [5.41, 5.74) is 12.6. The van der Waals surface area contributed by atoms with Crippen LogP contribution in [0.1, 0.15) is 36.3 Å². The number of carbonyl (C=O) groups excluding carboxylic acids is 2. The first-order chi connectivity index (χ1) is 9.86. The van der Waals surface area contributed by atoms with E-state index in [1.807, 2.05) is 13.8 Å². The fourth-order valence-corrected chi connectivity index (χ4v) is 2.81. The topological polar surface area (TPSA) is 111 Å². The molecule has 0 bridgehead atoms. The largest absolute Gasteiger partial charge is 0.380 e. The maximum Gasteiger partial charge on any atom is 0.248 e. The summed E-state index contributed by atoms with van der Waals surface area (Å²) in [4.78, 5) is 28.0. The van der Waals surface area contributed by atoms with Crippen LogP contribution in [0.25, 0.3) is 0 Å². The number of hydrogen-bond acceptors (Lipinski definition) is 5. The van der Waals surface area contributed by atoms with Gasteiger partial charge in [0.05, 0.1) is 17.2 Å². The molecule has 0 aliphatic carbocycles. The van der Waals surface area contributed by atoms with Gasteiger partial charge in [-0.15, -0.1) is 11.3 Å². The summed E-state index contributed by atoms with van der Waals surface area (Å²) in [6.07, 6.45) is 0. The smallest absolute Gasteiger partial charge is 0.248 e. The molecule has 110 valence electrons. The van der Waals surface area contributed by atoms with E-state index in [1.54, 1.807) is 23.5 Å². The van der Waals surface area contributed by atoms with E-state index in [0.29, 0.717) is 12.2 Å². The van der Waals surface area contributed by atoms with Crippen LogP contribution in [0.15, 0.2) is 18.2 Å². The van der Waals surface area contributed by atoms with E-state index >= 15 is 0 Å². The fourth-order valence-electron chi connectivity index (χ4n) is 1.93. The molecule has 0 aliphatic rings. The van der Waals surface area contributed by atoms with Crippen molar-refractivity contribution in [3.63, 3.8) is 0 Å². The fraction of sp³-hybridized carbons (Fsp3) is 0.214. The second-order valence-electron chi connectivity index (χ2n) is 4.62. The van der Waals surface area contributed by atoms with E-state index in [-0.39, 0.29) is 11.1 Å². The highest BCUT2D eigenvalue weighted by Crippen LogP contribution is 2.20. The summed E-state index contributed by atoms with van der Waals surface area (Å²) in [6, 6.07) is 4.58. The van der Waals surface area contributed by atoms with Crippen molar-refractivity contribution in [1.82, 2.24) is 4.98 Å². The molecular formula is C14H16N4O2S. The van der Waals surface area contributed by atoms with Gasteiger partial charge >= 0.3 is 0 Å². The van der Waals surface area contributed by atoms with E-state index in [2.05, 4.69) is 10.3 Å². The molecule has 0 unspecified atom stereocenters. The van der Waals surface area contributed by atoms with E-state index in [4.69, 9.17) is 11.5 Å². The number of amides is 2. The molecule has 21 heavy (non-hydrogen) atoms. The maximum absolute atomic E-state index is 11.3. The van der Waals surface area contributed by atoms with Gasteiger partial charge in [0.2, 0.25) is 11.8 Å². The summed E-state index contributed by atoms with van der Waals surface area (Å²) in [5, 5.41) is 4.15. The monoisotopic (exact) mass is 304 g/mol. The van der Waals surface area contributed by atoms with E-state index in [1.165, 1.54) is 6.07 Å². The zero-order chi connectivity index (χ0) is 15.6. The van der Waals surface area contributed by atoms with Crippen molar-refractivity contribution < 1.29 is 9.59 Å². The number of hydrogen-bond donors (Lipinski definition) is 3. The highest BCUT2D eigenvalue weighted by molar-refractivity contribution is 7.11. The van der Waals surface area contributed by atoms with Crippen LogP contribution in [0.4, 0.5) is 5.69 Å². The van der Waals surface area contributed by atoms with Gasteiger partial charge in [-0.2, -0.15) is 0 Å². The van der Waals surface area contributed by atoms with Crippen LogP contribution in [0.2, 0.25) is 0 Å². The highest BCUT2D eigenvalue weighted by Gasteiger charge is 2.10. The Balaban J connectivity index is 2.24. The molecule has 0 saturated carbocycles. The number of nitrogens with zero attached hydrogens (tertiary/aromatic N) is 1. The van der Waals surface area contributed by atoms with Gasteiger partial charge in [-0.1, -0.05) is 0 Å². The normalized spacial score (nSPS) is 10.4. The number of aromatic nitrogens is 1. The van der Waals surface area contributed by atoms with Crippen molar-refractivity contribution in [2.24, 2.45) is 11.5 Å². The lowest BCUT2D eigenvalue weighted by Gasteiger charge is -2.09. The molecule has 2 amide bonds. The molecule has 0 fully saturated rings. The summed E-state index contributed by atoms with van der Waals surface area (Å²) >= 11 is 1.60. The number of rotatable bonds is 5. The maximum atomic E-state index is 11.3. The van der Waals surface area contributed by atoms with Crippen LogP contribution in [0, 0.1) is 13.8 Å². The van der Waals surface area contributed by atoms with E-state index < -0.39 is 11.8 Å². The van der Waals surface area contributed by atoms with Crippen LogP contribution in [-0.2, 0) is 6.54 Å². The molecule has 0 atom stereocenters. The minimum Gasteiger partial charge on any atom is -0.380 e. The Bertz CT molecular complexity index is 677. The van der Waals surface area contributed by atoms with Gasteiger partial charge in [-0.25, -0.2) is 4.98 Å². The molecule has 2 aromatic rings. The Morgan fingerprint density at radius 2 is 1.71 bits per heavy atom. The van der Waals surface area contributed by atoms with Gasteiger partial charge in [-0.3, -0.25) is 9.59 Å². The minimum absolute atomic E-state index is 0.242. The average molecular weight is 304 g/mol. The SMILES string of the molecule is Cc1nc(C)c(CNc2cc(C(N)=O)cc(C(N)=O)c2)s1. The van der Waals surface area contributed by atoms with Gasteiger partial charge in [0.1, 0.15) is 0 Å². The third-order valence-electron chi connectivity index (χ3n) is 2.95. The number of carbonyl (C=O) groups is 2. The Kier molecular flexibility index (Phi) is 4.23. The lowest BCUT2D eigenvalue weighted by Crippen LogP contribution is -2.16. The number of nitrogens with two attached hydrogens (primary N) is 2. The van der Waals surface area contributed by atoms with Crippen molar-refractivity contribution in [3.05, 3.63) is 44.9 Å². The standard InChI is InChI=1S/C14H16N4O2S/c1-7-12(21-8(2)18-7)6-17-11-4-9(13(15)19)3-10(5-11)14(16)20/h3-5,17H,6H2,1-2H3,(H2,15,19)(H2,16,20). The van der Waals surface area contributed by atoms with Crippen molar-refractivity contribution in [1.29, 1.82) is 0 Å². The summed E-state index contributed by atoms with van der Waals surface area (Å²) < 4.78 is 0. The van der Waals surface area contributed by atoms with Crippen molar-refractivity contribution in [2.75, 3.05) is 5.32 Å². The molecule has 1 aromatic heterocycles. The average Bonchev–Trinajstić information content (AvgIpc) is 2.74. The van der Waals surface area contributed by atoms with E-state index in [9.17, 15) is 9.59 Å². The zero-order valence-electron chi connectivity index (χ0n) is 11.8. The summed E-state index contributed by atoms with van der Waals surface area (Å²) in [6.45, 7) is 4.44. The Labute approximate surface area is 126 Å². The highest BCUT2D eigenvalue weighted by atomic mass is 32.1. The lowest BCUT2D eigenvalue weighted by molar-refractivity contribution is 0.0999. The van der Waals surface area contributed by atoms with Gasteiger partial charge in [0, 0.05) is 21.7 Å². The molecule has 1 aromatic carbocycles. The van der Waals surface area contributed by atoms with Gasteiger partial charge in [0.25, 0.3) is 0 Å². The minimum atomic E-state index is -0.606. The number of aryl methyl sites for hydroxylation is 2. The third-order valence-corrected chi connectivity index (χ3v) is 4.03. The molecule has 1 heterocycles. The van der Waals surface area contributed by atoms with Gasteiger partial charge in [0.15, 0.2) is 0 Å².